The van der Waals surface area contributed by atoms with E-state index in [2.05, 4.69) is 15.6 Å². The Morgan fingerprint density at radius 2 is 1.79 bits per heavy atom. The molecule has 1 heterocycles. The molecule has 19 heavy (non-hydrogen) atoms. The number of halogens is 1. The number of anilines is 1. The summed E-state index contributed by atoms with van der Waals surface area (Å²) in [7, 11) is 0. The van der Waals surface area contributed by atoms with Gasteiger partial charge in [0.25, 0.3) is 0 Å². The van der Waals surface area contributed by atoms with E-state index in [0.29, 0.717) is 5.11 Å². The molecule has 3 nitrogen and oxygen atoms in total. The summed E-state index contributed by atoms with van der Waals surface area (Å²) in [5.41, 5.74) is 2.04. The van der Waals surface area contributed by atoms with E-state index in [9.17, 15) is 0 Å². The molecule has 0 bridgehead atoms. The van der Waals surface area contributed by atoms with Gasteiger partial charge in [0, 0.05) is 23.1 Å². The second-order valence-electron chi connectivity index (χ2n) is 4.11. The third-order valence-electron chi connectivity index (χ3n) is 2.66. The van der Waals surface area contributed by atoms with Gasteiger partial charge in [-0.1, -0.05) is 23.7 Å². The molecule has 0 saturated carbocycles. The molecule has 0 saturated heterocycles. The summed E-state index contributed by atoms with van der Waals surface area (Å²) in [6, 6.07) is 11.5. The van der Waals surface area contributed by atoms with Crippen LogP contribution in [-0.4, -0.2) is 10.1 Å². The lowest BCUT2D eigenvalue weighted by atomic mass is 10.1. The number of thiocarbonyl (C=S) groups is 1. The molecule has 2 rings (SSSR count). The average molecular weight is 292 g/mol. The van der Waals surface area contributed by atoms with Crippen LogP contribution in [0.5, 0.6) is 0 Å². The molecular formula is C14H14ClN3S. The van der Waals surface area contributed by atoms with Crippen molar-refractivity contribution in [1.29, 1.82) is 0 Å². The van der Waals surface area contributed by atoms with Crippen molar-refractivity contribution in [3.8, 4) is 0 Å². The fourth-order valence-corrected chi connectivity index (χ4v) is 2.05. The Labute approximate surface area is 123 Å². The van der Waals surface area contributed by atoms with E-state index in [1.54, 1.807) is 12.4 Å². The highest BCUT2D eigenvalue weighted by atomic mass is 35.5. The summed E-state index contributed by atoms with van der Waals surface area (Å²) in [4.78, 5) is 3.95. The Bertz CT molecular complexity index is 542. The van der Waals surface area contributed by atoms with Gasteiger partial charge in [0.05, 0.1) is 6.04 Å². The first kappa shape index (κ1) is 13.8. The van der Waals surface area contributed by atoms with Crippen LogP contribution < -0.4 is 10.6 Å². The maximum Gasteiger partial charge on any atom is 0.171 e. The SMILES string of the molecule is C[C@H](NC(=S)Nc1ccncc1)c1ccc(Cl)cc1. The van der Waals surface area contributed by atoms with Crippen LogP contribution in [0.15, 0.2) is 48.8 Å². The Kier molecular flexibility index (Phi) is 4.71. The third kappa shape index (κ3) is 4.19. The topological polar surface area (TPSA) is 37.0 Å². The lowest BCUT2D eigenvalue weighted by Crippen LogP contribution is -2.30. The van der Waals surface area contributed by atoms with Crippen LogP contribution in [0, 0.1) is 0 Å². The summed E-state index contributed by atoms with van der Waals surface area (Å²) in [5, 5.41) is 7.64. The standard InChI is InChI=1S/C14H14ClN3S/c1-10(11-2-4-12(15)5-3-11)17-14(19)18-13-6-8-16-9-7-13/h2-10H,1H3,(H2,16,17,18,19)/t10-/m0/s1. The molecule has 2 N–H and O–H groups in total. The number of benzene rings is 1. The summed E-state index contributed by atoms with van der Waals surface area (Å²) in [6.07, 6.45) is 3.43. The number of rotatable bonds is 3. The number of hydrogen-bond acceptors (Lipinski definition) is 2. The van der Waals surface area contributed by atoms with Gasteiger partial charge in [-0.15, -0.1) is 0 Å². The number of pyridine rings is 1. The van der Waals surface area contributed by atoms with E-state index in [1.165, 1.54) is 0 Å². The molecule has 0 radical (unpaired) electrons. The summed E-state index contributed by atoms with van der Waals surface area (Å²) >= 11 is 11.1. The van der Waals surface area contributed by atoms with Crippen LogP contribution >= 0.6 is 23.8 Å². The maximum absolute atomic E-state index is 5.86. The minimum absolute atomic E-state index is 0.110. The van der Waals surface area contributed by atoms with Gasteiger partial charge in [-0.25, -0.2) is 0 Å². The van der Waals surface area contributed by atoms with Crippen LogP contribution in [-0.2, 0) is 0 Å². The van der Waals surface area contributed by atoms with Crippen LogP contribution in [0.1, 0.15) is 18.5 Å². The largest absolute Gasteiger partial charge is 0.356 e. The molecule has 0 aliphatic rings. The lowest BCUT2D eigenvalue weighted by molar-refractivity contribution is 0.722. The van der Waals surface area contributed by atoms with Crippen LogP contribution in [0.4, 0.5) is 5.69 Å². The molecule has 0 amide bonds. The molecule has 1 aromatic carbocycles. The number of aromatic nitrogens is 1. The minimum atomic E-state index is 0.110. The summed E-state index contributed by atoms with van der Waals surface area (Å²) < 4.78 is 0. The Morgan fingerprint density at radius 1 is 1.16 bits per heavy atom. The Morgan fingerprint density at radius 3 is 2.42 bits per heavy atom. The Hall–Kier alpha value is -1.65. The monoisotopic (exact) mass is 291 g/mol. The van der Waals surface area contributed by atoms with E-state index in [4.69, 9.17) is 23.8 Å². The van der Waals surface area contributed by atoms with E-state index < -0.39 is 0 Å². The molecule has 2 aromatic rings. The molecule has 0 aliphatic carbocycles. The first-order chi connectivity index (χ1) is 9.15. The van der Waals surface area contributed by atoms with Crippen molar-refractivity contribution in [1.82, 2.24) is 10.3 Å². The van der Waals surface area contributed by atoms with Crippen molar-refractivity contribution in [2.24, 2.45) is 0 Å². The van der Waals surface area contributed by atoms with Crippen LogP contribution in [0.3, 0.4) is 0 Å². The average Bonchev–Trinajstić information content (AvgIpc) is 2.40. The van der Waals surface area contributed by atoms with Crippen molar-refractivity contribution < 1.29 is 0 Å². The zero-order valence-electron chi connectivity index (χ0n) is 10.4. The highest BCUT2D eigenvalue weighted by Crippen LogP contribution is 2.16. The van der Waals surface area contributed by atoms with Crippen LogP contribution in [0.25, 0.3) is 0 Å². The second-order valence-corrected chi connectivity index (χ2v) is 4.95. The van der Waals surface area contributed by atoms with Crippen molar-refractivity contribution in [3.05, 3.63) is 59.4 Å². The molecule has 0 spiro atoms. The quantitative estimate of drug-likeness (QED) is 0.844. The predicted octanol–water partition coefficient (Wildman–Crippen LogP) is 3.78. The van der Waals surface area contributed by atoms with Gasteiger partial charge in [0.1, 0.15) is 0 Å². The molecule has 0 unspecified atom stereocenters. The summed E-state index contributed by atoms with van der Waals surface area (Å²) in [6.45, 7) is 2.05. The maximum atomic E-state index is 5.86. The third-order valence-corrected chi connectivity index (χ3v) is 3.13. The van der Waals surface area contributed by atoms with Gasteiger partial charge >= 0.3 is 0 Å². The first-order valence-corrected chi connectivity index (χ1v) is 6.67. The van der Waals surface area contributed by atoms with E-state index in [-0.39, 0.29) is 6.04 Å². The normalized spacial score (nSPS) is 11.7. The van der Waals surface area contributed by atoms with Crippen molar-refractivity contribution in [2.45, 2.75) is 13.0 Å². The van der Waals surface area contributed by atoms with Gasteiger partial charge in [-0.05, 0) is 49.0 Å². The molecule has 0 fully saturated rings. The van der Waals surface area contributed by atoms with Gasteiger partial charge in [-0.2, -0.15) is 0 Å². The lowest BCUT2D eigenvalue weighted by Gasteiger charge is -2.17. The minimum Gasteiger partial charge on any atom is -0.356 e. The number of hydrogen-bond donors (Lipinski definition) is 2. The fraction of sp³-hybridized carbons (Fsp3) is 0.143. The molecular weight excluding hydrogens is 278 g/mol. The first-order valence-electron chi connectivity index (χ1n) is 5.88. The summed E-state index contributed by atoms with van der Waals surface area (Å²) in [5.74, 6) is 0. The van der Waals surface area contributed by atoms with E-state index >= 15 is 0 Å². The molecule has 1 atom stereocenters. The molecule has 5 heteroatoms. The second kappa shape index (κ2) is 6.50. The van der Waals surface area contributed by atoms with Crippen LogP contribution in [0.2, 0.25) is 5.02 Å². The van der Waals surface area contributed by atoms with E-state index in [1.807, 2.05) is 43.3 Å². The zero-order valence-corrected chi connectivity index (χ0v) is 12.0. The number of nitrogens with zero attached hydrogens (tertiary/aromatic N) is 1. The van der Waals surface area contributed by atoms with Crippen molar-refractivity contribution in [3.63, 3.8) is 0 Å². The highest BCUT2D eigenvalue weighted by molar-refractivity contribution is 7.80. The molecule has 1 aromatic heterocycles. The molecule has 98 valence electrons. The smallest absolute Gasteiger partial charge is 0.171 e. The van der Waals surface area contributed by atoms with Gasteiger partial charge < -0.3 is 10.6 Å². The zero-order chi connectivity index (χ0) is 13.7. The molecule has 0 aliphatic heterocycles. The Balaban J connectivity index is 1.93. The predicted molar refractivity (Wildman–Crippen MR) is 83.5 cm³/mol. The van der Waals surface area contributed by atoms with Gasteiger partial charge in [0.15, 0.2) is 5.11 Å². The van der Waals surface area contributed by atoms with Gasteiger partial charge in [-0.3, -0.25) is 4.98 Å². The van der Waals surface area contributed by atoms with Crippen molar-refractivity contribution >= 4 is 34.6 Å². The fourth-order valence-electron chi connectivity index (χ4n) is 1.63. The highest BCUT2D eigenvalue weighted by Gasteiger charge is 2.06. The number of nitrogens with one attached hydrogen (secondary N) is 2. The van der Waals surface area contributed by atoms with E-state index in [0.717, 1.165) is 16.3 Å². The van der Waals surface area contributed by atoms with Gasteiger partial charge in [0.2, 0.25) is 0 Å². The van der Waals surface area contributed by atoms with Crippen molar-refractivity contribution in [2.75, 3.05) is 5.32 Å².